The fourth-order valence-corrected chi connectivity index (χ4v) is 2.99. The van der Waals surface area contributed by atoms with Gasteiger partial charge in [0, 0.05) is 23.7 Å². The number of ether oxygens (including phenoxy) is 1. The van der Waals surface area contributed by atoms with Crippen molar-refractivity contribution in [2.45, 2.75) is 6.10 Å². The molecule has 0 aliphatic carbocycles. The third-order valence-corrected chi connectivity index (χ3v) is 4.01. The van der Waals surface area contributed by atoms with Gasteiger partial charge in [0.1, 0.15) is 6.10 Å². The lowest BCUT2D eigenvalue weighted by molar-refractivity contribution is 0.151. The van der Waals surface area contributed by atoms with Gasteiger partial charge >= 0.3 is 6.09 Å². The molecule has 1 fully saturated rings. The van der Waals surface area contributed by atoms with Crippen LogP contribution < -0.4 is 4.90 Å². The molecule has 1 atom stereocenters. The van der Waals surface area contributed by atoms with Gasteiger partial charge in [-0.15, -0.1) is 0 Å². The summed E-state index contributed by atoms with van der Waals surface area (Å²) in [5.74, 6) is 1.93. The summed E-state index contributed by atoms with van der Waals surface area (Å²) in [6.45, 7) is 1.70. The number of nitrogens with zero attached hydrogens (tertiary/aromatic N) is 2. The van der Waals surface area contributed by atoms with Crippen molar-refractivity contribution in [3.05, 3.63) is 30.3 Å². The molecule has 1 heterocycles. The third-order valence-electron chi connectivity index (χ3n) is 2.93. The van der Waals surface area contributed by atoms with Crippen LogP contribution in [0.25, 0.3) is 0 Å². The van der Waals surface area contributed by atoms with E-state index < -0.39 is 0 Å². The van der Waals surface area contributed by atoms with Gasteiger partial charge in [0.2, 0.25) is 0 Å². The largest absolute Gasteiger partial charge is 0.443 e. The Morgan fingerprint density at radius 3 is 2.79 bits per heavy atom. The van der Waals surface area contributed by atoms with Crippen molar-refractivity contribution in [2.24, 2.45) is 0 Å². The maximum Gasteiger partial charge on any atom is 0.414 e. The lowest BCUT2D eigenvalue weighted by Gasteiger charge is -2.12. The van der Waals surface area contributed by atoms with Crippen LogP contribution in [0.3, 0.4) is 0 Å². The molecule has 0 radical (unpaired) electrons. The van der Waals surface area contributed by atoms with E-state index in [9.17, 15) is 4.79 Å². The van der Waals surface area contributed by atoms with Crippen molar-refractivity contribution in [3.8, 4) is 0 Å². The van der Waals surface area contributed by atoms with E-state index in [1.165, 1.54) is 0 Å². The zero-order valence-corrected chi connectivity index (χ0v) is 12.2. The van der Waals surface area contributed by atoms with Gasteiger partial charge in [0.05, 0.1) is 6.54 Å². The maximum atomic E-state index is 11.8. The Morgan fingerprint density at radius 2 is 2.11 bits per heavy atom. The monoisotopic (exact) mass is 280 g/mol. The number of amides is 1. The van der Waals surface area contributed by atoms with Gasteiger partial charge in [-0.1, -0.05) is 18.2 Å². The second-order valence-electron chi connectivity index (χ2n) is 4.83. The number of benzene rings is 1. The van der Waals surface area contributed by atoms with Crippen LogP contribution in [0.2, 0.25) is 0 Å². The molecule has 0 bridgehead atoms. The average Bonchev–Trinajstić information content (AvgIpc) is 2.77. The van der Waals surface area contributed by atoms with Crippen LogP contribution in [0.5, 0.6) is 0 Å². The lowest BCUT2D eigenvalue weighted by Crippen LogP contribution is -2.25. The van der Waals surface area contributed by atoms with E-state index in [4.69, 9.17) is 4.74 Å². The van der Waals surface area contributed by atoms with E-state index in [1.54, 1.807) is 4.90 Å². The van der Waals surface area contributed by atoms with Gasteiger partial charge < -0.3 is 9.64 Å². The zero-order valence-electron chi connectivity index (χ0n) is 11.4. The molecule has 1 aliphatic heterocycles. The predicted molar refractivity (Wildman–Crippen MR) is 79.9 cm³/mol. The van der Waals surface area contributed by atoms with Crippen molar-refractivity contribution < 1.29 is 9.53 Å². The van der Waals surface area contributed by atoms with Crippen LogP contribution in [0.15, 0.2) is 30.3 Å². The molecule has 1 aromatic rings. The Kier molecular flexibility index (Phi) is 5.10. The van der Waals surface area contributed by atoms with Crippen molar-refractivity contribution in [1.82, 2.24) is 4.90 Å². The molecule has 5 heteroatoms. The highest BCUT2D eigenvalue weighted by molar-refractivity contribution is 7.99. The molecule has 19 heavy (non-hydrogen) atoms. The highest BCUT2D eigenvalue weighted by atomic mass is 32.2. The van der Waals surface area contributed by atoms with E-state index in [1.807, 2.05) is 42.1 Å². The quantitative estimate of drug-likeness (QED) is 0.749. The smallest absolute Gasteiger partial charge is 0.414 e. The Balaban J connectivity index is 1.80. The Morgan fingerprint density at radius 1 is 1.37 bits per heavy atom. The molecule has 0 aromatic heterocycles. The number of hydrogen-bond donors (Lipinski definition) is 0. The molecular weight excluding hydrogens is 260 g/mol. The molecular formula is C14H20N2O2S. The molecule has 104 valence electrons. The lowest BCUT2D eigenvalue weighted by atomic mass is 10.3. The summed E-state index contributed by atoms with van der Waals surface area (Å²) in [7, 11) is 4.13. The summed E-state index contributed by atoms with van der Waals surface area (Å²) in [6.07, 6.45) is -0.232. The number of carbonyl (C=O) groups is 1. The Labute approximate surface area is 118 Å². The van der Waals surface area contributed by atoms with Gasteiger partial charge in [-0.05, 0) is 26.2 Å². The van der Waals surface area contributed by atoms with Crippen LogP contribution in [-0.2, 0) is 4.74 Å². The van der Waals surface area contributed by atoms with Gasteiger partial charge in [0.15, 0.2) is 0 Å². The number of rotatable bonds is 6. The molecule has 1 aromatic carbocycles. The van der Waals surface area contributed by atoms with Crippen LogP contribution in [-0.4, -0.2) is 55.8 Å². The van der Waals surface area contributed by atoms with Gasteiger partial charge in [-0.3, -0.25) is 4.90 Å². The van der Waals surface area contributed by atoms with E-state index in [2.05, 4.69) is 19.0 Å². The number of thioether (sulfide) groups is 1. The molecule has 0 saturated carbocycles. The first kappa shape index (κ1) is 14.2. The first-order valence-electron chi connectivity index (χ1n) is 6.42. The van der Waals surface area contributed by atoms with Crippen molar-refractivity contribution in [3.63, 3.8) is 0 Å². The Bertz CT molecular complexity index is 411. The second-order valence-corrected chi connectivity index (χ2v) is 5.98. The minimum atomic E-state index is -0.232. The van der Waals surface area contributed by atoms with Crippen LogP contribution >= 0.6 is 11.8 Å². The fourth-order valence-electron chi connectivity index (χ4n) is 1.89. The summed E-state index contributed by atoms with van der Waals surface area (Å²) < 4.78 is 5.39. The van der Waals surface area contributed by atoms with Crippen molar-refractivity contribution >= 4 is 23.5 Å². The summed E-state index contributed by atoms with van der Waals surface area (Å²) >= 11 is 1.83. The molecule has 0 spiro atoms. The first-order chi connectivity index (χ1) is 9.16. The normalized spacial score (nSPS) is 19.0. The number of para-hydroxylation sites is 1. The molecule has 1 aliphatic rings. The Hall–Kier alpha value is -1.20. The topological polar surface area (TPSA) is 32.8 Å². The van der Waals surface area contributed by atoms with Crippen molar-refractivity contribution in [2.75, 3.05) is 43.6 Å². The minimum Gasteiger partial charge on any atom is -0.443 e. The van der Waals surface area contributed by atoms with E-state index in [0.29, 0.717) is 6.54 Å². The highest BCUT2D eigenvalue weighted by Crippen LogP contribution is 2.22. The molecule has 4 nitrogen and oxygen atoms in total. The van der Waals surface area contributed by atoms with Gasteiger partial charge in [-0.2, -0.15) is 11.8 Å². The molecule has 0 N–H and O–H groups in total. The van der Waals surface area contributed by atoms with Crippen LogP contribution in [0.1, 0.15) is 0 Å². The standard InChI is InChI=1S/C14H20N2O2S/c1-15(2)8-9-19-11-13-10-16(14(17)18-13)12-6-4-3-5-7-12/h3-7,13H,8-11H2,1-2H3/t13-/m1/s1. The maximum absolute atomic E-state index is 11.8. The number of hydrogen-bond acceptors (Lipinski definition) is 4. The van der Waals surface area contributed by atoms with E-state index in [0.717, 1.165) is 23.7 Å². The van der Waals surface area contributed by atoms with E-state index >= 15 is 0 Å². The molecule has 0 unspecified atom stereocenters. The number of cyclic esters (lactones) is 1. The zero-order chi connectivity index (χ0) is 13.7. The molecule has 2 rings (SSSR count). The van der Waals surface area contributed by atoms with Crippen LogP contribution in [0, 0.1) is 0 Å². The van der Waals surface area contributed by atoms with E-state index in [-0.39, 0.29) is 12.2 Å². The summed E-state index contributed by atoms with van der Waals surface area (Å²) in [4.78, 5) is 15.7. The molecule has 1 amide bonds. The average molecular weight is 280 g/mol. The predicted octanol–water partition coefficient (Wildman–Crippen LogP) is 2.31. The van der Waals surface area contributed by atoms with Crippen molar-refractivity contribution in [1.29, 1.82) is 0 Å². The minimum absolute atomic E-state index is 0.000122. The van der Waals surface area contributed by atoms with Crippen LogP contribution in [0.4, 0.5) is 10.5 Å². The van der Waals surface area contributed by atoms with Gasteiger partial charge in [0.25, 0.3) is 0 Å². The summed E-state index contributed by atoms with van der Waals surface area (Å²) in [6, 6.07) is 9.68. The first-order valence-corrected chi connectivity index (χ1v) is 7.58. The SMILES string of the molecule is CN(C)CCSC[C@H]1CN(c2ccccc2)C(=O)O1. The highest BCUT2D eigenvalue weighted by Gasteiger charge is 2.31. The number of carbonyl (C=O) groups excluding carboxylic acids is 1. The summed E-state index contributed by atoms with van der Waals surface area (Å²) in [5, 5.41) is 0. The van der Waals surface area contributed by atoms with Gasteiger partial charge in [-0.25, -0.2) is 4.79 Å². The second kappa shape index (κ2) is 6.82. The third kappa shape index (κ3) is 4.14. The number of anilines is 1. The summed E-state index contributed by atoms with van der Waals surface area (Å²) in [5.41, 5.74) is 0.910. The molecule has 1 saturated heterocycles. The fraction of sp³-hybridized carbons (Fsp3) is 0.500.